The van der Waals surface area contributed by atoms with Gasteiger partial charge in [-0.05, 0) is 67.7 Å². The largest absolute Gasteiger partial charge is 0.310 e. The summed E-state index contributed by atoms with van der Waals surface area (Å²) in [6, 6.07) is 6.49. The molecule has 1 aromatic carbocycles. The summed E-state index contributed by atoms with van der Waals surface area (Å²) in [7, 11) is 0. The van der Waals surface area contributed by atoms with Crippen LogP contribution < -0.4 is 5.32 Å². The highest BCUT2D eigenvalue weighted by molar-refractivity contribution is 6.42. The maximum atomic E-state index is 6.22. The van der Waals surface area contributed by atoms with Gasteiger partial charge >= 0.3 is 0 Å². The fourth-order valence-corrected chi connectivity index (χ4v) is 3.62. The van der Waals surface area contributed by atoms with Gasteiger partial charge in [0.1, 0.15) is 0 Å². The molecule has 1 aliphatic rings. The van der Waals surface area contributed by atoms with Gasteiger partial charge in [0.25, 0.3) is 0 Å². The van der Waals surface area contributed by atoms with Crippen molar-refractivity contribution in [2.24, 2.45) is 11.3 Å². The second kappa shape index (κ2) is 7.35. The van der Waals surface area contributed by atoms with Crippen LogP contribution in [0.25, 0.3) is 0 Å². The van der Waals surface area contributed by atoms with Gasteiger partial charge in [0.05, 0.1) is 10.0 Å². The van der Waals surface area contributed by atoms with Crippen molar-refractivity contribution in [2.75, 3.05) is 6.54 Å². The van der Waals surface area contributed by atoms with Crippen LogP contribution in [-0.4, -0.2) is 6.54 Å². The molecule has 1 aromatic rings. The van der Waals surface area contributed by atoms with E-state index < -0.39 is 0 Å². The van der Waals surface area contributed by atoms with E-state index in [9.17, 15) is 0 Å². The van der Waals surface area contributed by atoms with Crippen molar-refractivity contribution in [1.29, 1.82) is 0 Å². The van der Waals surface area contributed by atoms with Crippen molar-refractivity contribution in [3.8, 4) is 0 Å². The third-order valence-electron chi connectivity index (χ3n) is 4.77. The van der Waals surface area contributed by atoms with Crippen LogP contribution in [0.1, 0.15) is 64.5 Å². The molecule has 0 bridgehead atoms. The van der Waals surface area contributed by atoms with Crippen LogP contribution in [0.3, 0.4) is 0 Å². The van der Waals surface area contributed by atoms with Crippen LogP contribution in [0.2, 0.25) is 10.0 Å². The molecule has 1 saturated carbocycles. The van der Waals surface area contributed by atoms with Crippen LogP contribution in [0.5, 0.6) is 0 Å². The summed E-state index contributed by atoms with van der Waals surface area (Å²) < 4.78 is 0. The lowest BCUT2D eigenvalue weighted by Crippen LogP contribution is -2.33. The van der Waals surface area contributed by atoms with Crippen molar-refractivity contribution in [2.45, 2.75) is 58.9 Å². The van der Waals surface area contributed by atoms with Crippen LogP contribution in [0, 0.1) is 11.3 Å². The van der Waals surface area contributed by atoms with Gasteiger partial charge in [-0.2, -0.15) is 0 Å². The molecule has 1 N–H and O–H groups in total. The minimum atomic E-state index is 0.399. The van der Waals surface area contributed by atoms with E-state index in [1.807, 2.05) is 12.1 Å². The van der Waals surface area contributed by atoms with E-state index in [2.05, 4.69) is 32.2 Å². The molecule has 0 amide bonds. The summed E-state index contributed by atoms with van der Waals surface area (Å²) in [5.41, 5.74) is 1.78. The molecule has 0 saturated heterocycles. The molecule has 1 unspecified atom stereocenters. The molecular weight excluding hydrogens is 301 g/mol. The first-order chi connectivity index (χ1) is 9.93. The maximum absolute atomic E-state index is 6.22. The lowest BCUT2D eigenvalue weighted by atomic mass is 9.70. The molecule has 1 aliphatic carbocycles. The Balaban J connectivity index is 2.16. The van der Waals surface area contributed by atoms with Gasteiger partial charge in [-0.15, -0.1) is 0 Å². The normalized spacial score (nSPS) is 20.4. The van der Waals surface area contributed by atoms with Crippen molar-refractivity contribution < 1.29 is 0 Å². The molecule has 2 rings (SSSR count). The summed E-state index contributed by atoms with van der Waals surface area (Å²) in [4.78, 5) is 0. The summed E-state index contributed by atoms with van der Waals surface area (Å²) in [5.74, 6) is 0.696. The van der Waals surface area contributed by atoms with Crippen LogP contribution in [0.4, 0.5) is 0 Å². The van der Waals surface area contributed by atoms with Gasteiger partial charge in [0.2, 0.25) is 0 Å². The zero-order valence-electron chi connectivity index (χ0n) is 13.4. The van der Waals surface area contributed by atoms with E-state index in [1.54, 1.807) is 0 Å². The molecule has 1 atom stereocenters. The quantitative estimate of drug-likeness (QED) is 0.673. The van der Waals surface area contributed by atoms with E-state index >= 15 is 0 Å². The highest BCUT2D eigenvalue weighted by atomic mass is 35.5. The minimum Gasteiger partial charge on any atom is -0.310 e. The lowest BCUT2D eigenvalue weighted by Gasteiger charge is -2.38. The summed E-state index contributed by atoms with van der Waals surface area (Å²) in [6.45, 7) is 8.03. The molecular formula is C18H27Cl2N. The molecule has 0 heterocycles. The van der Waals surface area contributed by atoms with Gasteiger partial charge in [0, 0.05) is 6.04 Å². The zero-order valence-corrected chi connectivity index (χ0v) is 14.9. The lowest BCUT2D eigenvalue weighted by molar-refractivity contribution is 0.161. The topological polar surface area (TPSA) is 12.0 Å². The van der Waals surface area contributed by atoms with Gasteiger partial charge in [0.15, 0.2) is 0 Å². The monoisotopic (exact) mass is 327 g/mol. The molecule has 0 aromatic heterocycles. The zero-order chi connectivity index (χ0) is 15.5. The summed E-state index contributed by atoms with van der Waals surface area (Å²) >= 11 is 12.3. The fraction of sp³-hybridized carbons (Fsp3) is 0.667. The Labute approximate surface area is 139 Å². The second-order valence-electron chi connectivity index (χ2n) is 7.11. The smallest absolute Gasteiger partial charge is 0.0595 e. The first-order valence-electron chi connectivity index (χ1n) is 8.11. The second-order valence-corrected chi connectivity index (χ2v) is 7.92. The highest BCUT2D eigenvalue weighted by Crippen LogP contribution is 2.43. The van der Waals surface area contributed by atoms with Crippen LogP contribution in [0.15, 0.2) is 18.2 Å². The van der Waals surface area contributed by atoms with E-state index in [-0.39, 0.29) is 0 Å². The Hall–Kier alpha value is -0.240. The average Bonchev–Trinajstić information content (AvgIpc) is 2.44. The van der Waals surface area contributed by atoms with Gasteiger partial charge in [-0.3, -0.25) is 0 Å². The maximum Gasteiger partial charge on any atom is 0.0595 e. The number of hydrogen-bond donors (Lipinski definition) is 1. The van der Waals surface area contributed by atoms with E-state index in [0.717, 1.165) is 13.0 Å². The number of hydrogen-bond acceptors (Lipinski definition) is 1. The Morgan fingerprint density at radius 1 is 1.19 bits per heavy atom. The molecule has 3 heteroatoms. The predicted molar refractivity (Wildman–Crippen MR) is 93.2 cm³/mol. The van der Waals surface area contributed by atoms with Crippen LogP contribution in [-0.2, 0) is 0 Å². The van der Waals surface area contributed by atoms with Crippen LogP contribution >= 0.6 is 23.2 Å². The van der Waals surface area contributed by atoms with E-state index in [4.69, 9.17) is 23.2 Å². The molecule has 0 aliphatic heterocycles. The first kappa shape index (κ1) is 17.1. The Bertz CT molecular complexity index is 460. The number of nitrogens with one attached hydrogen (secondary N) is 1. The first-order valence-corrected chi connectivity index (χ1v) is 8.87. The molecule has 118 valence electrons. The summed E-state index contributed by atoms with van der Waals surface area (Å²) in [5, 5.41) is 5.03. The average molecular weight is 328 g/mol. The SMILES string of the molecule is CCCNC(c1ccc(Cl)c(Cl)c1)C1CCC(C)(C)CC1. The Kier molecular flexibility index (Phi) is 5.99. The highest BCUT2D eigenvalue weighted by Gasteiger charge is 2.31. The number of rotatable bonds is 5. The minimum absolute atomic E-state index is 0.399. The third-order valence-corrected chi connectivity index (χ3v) is 5.51. The van der Waals surface area contributed by atoms with E-state index in [1.165, 1.54) is 31.2 Å². The van der Waals surface area contributed by atoms with Crippen molar-refractivity contribution in [3.63, 3.8) is 0 Å². The molecule has 0 radical (unpaired) electrons. The Morgan fingerprint density at radius 3 is 2.43 bits per heavy atom. The molecule has 0 spiro atoms. The fourth-order valence-electron chi connectivity index (χ4n) is 3.32. The number of benzene rings is 1. The Morgan fingerprint density at radius 2 is 1.86 bits per heavy atom. The third kappa shape index (κ3) is 4.61. The standard InChI is InChI=1S/C18H27Cl2N/c1-4-11-21-17(13-7-9-18(2,3)10-8-13)14-5-6-15(19)16(20)12-14/h5-6,12-13,17,21H,4,7-11H2,1-3H3. The van der Waals surface area contributed by atoms with Crippen molar-refractivity contribution in [3.05, 3.63) is 33.8 Å². The predicted octanol–water partition coefficient (Wildman–Crippen LogP) is 6.25. The molecule has 1 nitrogen and oxygen atoms in total. The summed E-state index contributed by atoms with van der Waals surface area (Å²) in [6.07, 6.45) is 6.34. The number of halogens is 2. The van der Waals surface area contributed by atoms with E-state index in [0.29, 0.717) is 27.4 Å². The molecule has 1 fully saturated rings. The van der Waals surface area contributed by atoms with Gasteiger partial charge < -0.3 is 5.32 Å². The van der Waals surface area contributed by atoms with Gasteiger partial charge in [-0.1, -0.05) is 50.0 Å². The van der Waals surface area contributed by atoms with Crippen molar-refractivity contribution >= 4 is 23.2 Å². The molecule has 21 heavy (non-hydrogen) atoms. The van der Waals surface area contributed by atoms with Gasteiger partial charge in [-0.25, -0.2) is 0 Å². The van der Waals surface area contributed by atoms with Crippen molar-refractivity contribution in [1.82, 2.24) is 5.32 Å².